The maximum absolute atomic E-state index is 12.9. The lowest BCUT2D eigenvalue weighted by Crippen LogP contribution is -2.43. The van der Waals surface area contributed by atoms with Crippen LogP contribution >= 0.6 is 0 Å². The number of sulfonamides is 1. The van der Waals surface area contributed by atoms with Gasteiger partial charge < -0.3 is 10.5 Å². The molecule has 1 aliphatic heterocycles. The van der Waals surface area contributed by atoms with E-state index in [1.165, 1.54) is 11.4 Å². The monoisotopic (exact) mass is 340 g/mol. The van der Waals surface area contributed by atoms with E-state index >= 15 is 0 Å². The van der Waals surface area contributed by atoms with Crippen molar-refractivity contribution in [1.29, 1.82) is 0 Å². The Labute approximate surface area is 137 Å². The van der Waals surface area contributed by atoms with Gasteiger partial charge in [-0.05, 0) is 36.1 Å². The molecule has 0 radical (unpaired) electrons. The molecule has 1 aliphatic rings. The van der Waals surface area contributed by atoms with Gasteiger partial charge in [-0.15, -0.1) is 0 Å². The second-order valence-corrected chi connectivity index (χ2v) is 7.61. The van der Waals surface area contributed by atoms with Gasteiger partial charge in [0.25, 0.3) is 0 Å². The zero-order valence-electron chi connectivity index (χ0n) is 13.8. The fourth-order valence-corrected chi connectivity index (χ4v) is 4.73. The minimum Gasteiger partial charge on any atom is -0.380 e. The molecule has 6 nitrogen and oxygen atoms in total. The number of amides is 1. The van der Waals surface area contributed by atoms with Gasteiger partial charge in [0.15, 0.2) is 0 Å². The third kappa shape index (κ3) is 3.41. The normalized spacial score (nSPS) is 22.4. The molecule has 0 aliphatic carbocycles. The van der Waals surface area contributed by atoms with Crippen molar-refractivity contribution in [3.8, 4) is 0 Å². The summed E-state index contributed by atoms with van der Waals surface area (Å²) in [6, 6.07) is 4.29. The summed E-state index contributed by atoms with van der Waals surface area (Å²) in [5.41, 5.74) is 7.52. The number of hydrogen-bond donors (Lipinski definition) is 1. The number of rotatable bonds is 6. The number of nitrogens with two attached hydrogens (primary N) is 1. The van der Waals surface area contributed by atoms with E-state index in [0.29, 0.717) is 6.42 Å². The van der Waals surface area contributed by atoms with Crippen LogP contribution in [0, 0.1) is 0 Å². The number of carbonyl (C=O) groups excluding carboxylic acids is 1. The average molecular weight is 340 g/mol. The van der Waals surface area contributed by atoms with Gasteiger partial charge in [0, 0.05) is 20.1 Å². The first kappa shape index (κ1) is 17.9. The first-order valence-corrected chi connectivity index (χ1v) is 9.24. The zero-order chi connectivity index (χ0) is 17.2. The van der Waals surface area contributed by atoms with Gasteiger partial charge in [-0.1, -0.05) is 19.9 Å². The fourth-order valence-electron chi connectivity index (χ4n) is 3.04. The van der Waals surface area contributed by atoms with E-state index < -0.39 is 22.0 Å². The van der Waals surface area contributed by atoms with Crippen LogP contribution in [0.3, 0.4) is 0 Å². The molecule has 2 rings (SSSR count). The number of hydrogen-bond acceptors (Lipinski definition) is 4. The summed E-state index contributed by atoms with van der Waals surface area (Å²) in [4.78, 5) is 11.8. The Morgan fingerprint density at radius 2 is 1.96 bits per heavy atom. The maximum Gasteiger partial charge on any atom is 0.243 e. The molecule has 0 aromatic heterocycles. The molecule has 7 heteroatoms. The van der Waals surface area contributed by atoms with Crippen molar-refractivity contribution < 1.29 is 17.9 Å². The SMILES string of the molecule is CCc1ccc(S(=O)(=O)N2C[C@@H](OC)C[C@H]2C(N)=O)cc1CC. The van der Waals surface area contributed by atoms with Crippen LogP contribution in [0.2, 0.25) is 0 Å². The summed E-state index contributed by atoms with van der Waals surface area (Å²) in [5, 5.41) is 0. The zero-order valence-corrected chi connectivity index (χ0v) is 14.6. The number of carbonyl (C=O) groups is 1. The highest BCUT2D eigenvalue weighted by atomic mass is 32.2. The molecule has 0 unspecified atom stereocenters. The molecule has 128 valence electrons. The second kappa shape index (κ2) is 6.98. The van der Waals surface area contributed by atoms with Crippen molar-refractivity contribution in [2.75, 3.05) is 13.7 Å². The molecule has 23 heavy (non-hydrogen) atoms. The van der Waals surface area contributed by atoms with Crippen molar-refractivity contribution in [3.63, 3.8) is 0 Å². The summed E-state index contributed by atoms with van der Waals surface area (Å²) in [6.45, 7) is 4.17. The summed E-state index contributed by atoms with van der Waals surface area (Å²) in [5.74, 6) is -0.644. The Kier molecular flexibility index (Phi) is 5.44. The molecule has 1 aromatic rings. The predicted octanol–water partition coefficient (Wildman–Crippen LogP) is 1.07. The van der Waals surface area contributed by atoms with E-state index in [2.05, 4.69) is 0 Å². The second-order valence-electron chi connectivity index (χ2n) is 5.72. The predicted molar refractivity (Wildman–Crippen MR) is 87.5 cm³/mol. The molecular weight excluding hydrogens is 316 g/mol. The Morgan fingerprint density at radius 3 is 2.48 bits per heavy atom. The molecule has 0 spiro atoms. The maximum atomic E-state index is 12.9. The van der Waals surface area contributed by atoms with Gasteiger partial charge >= 0.3 is 0 Å². The first-order chi connectivity index (χ1) is 10.8. The lowest BCUT2D eigenvalue weighted by atomic mass is 10.0. The van der Waals surface area contributed by atoms with Gasteiger partial charge in [0.1, 0.15) is 6.04 Å². The van der Waals surface area contributed by atoms with E-state index in [4.69, 9.17) is 10.5 Å². The van der Waals surface area contributed by atoms with E-state index in [9.17, 15) is 13.2 Å². The number of methoxy groups -OCH3 is 1. The highest BCUT2D eigenvalue weighted by molar-refractivity contribution is 7.89. The Hall–Kier alpha value is -1.44. The molecule has 2 atom stereocenters. The quantitative estimate of drug-likeness (QED) is 0.839. The number of benzene rings is 1. The lowest BCUT2D eigenvalue weighted by Gasteiger charge is -2.22. The molecule has 1 aromatic carbocycles. The molecule has 1 saturated heterocycles. The van der Waals surface area contributed by atoms with Crippen molar-refractivity contribution in [3.05, 3.63) is 29.3 Å². The first-order valence-electron chi connectivity index (χ1n) is 7.80. The highest BCUT2D eigenvalue weighted by Crippen LogP contribution is 2.28. The lowest BCUT2D eigenvalue weighted by molar-refractivity contribution is -0.121. The third-order valence-corrected chi connectivity index (χ3v) is 6.30. The third-order valence-electron chi connectivity index (χ3n) is 4.43. The Morgan fingerprint density at radius 1 is 1.30 bits per heavy atom. The van der Waals surface area contributed by atoms with Crippen molar-refractivity contribution >= 4 is 15.9 Å². The minimum absolute atomic E-state index is 0.142. The van der Waals surface area contributed by atoms with Crippen LogP contribution in [-0.4, -0.2) is 44.4 Å². The van der Waals surface area contributed by atoms with E-state index in [-0.39, 0.29) is 17.5 Å². The molecular formula is C16H24N2O4S. The Bertz CT molecular complexity index is 687. The van der Waals surface area contributed by atoms with E-state index in [0.717, 1.165) is 24.0 Å². The smallest absolute Gasteiger partial charge is 0.243 e. The van der Waals surface area contributed by atoms with Gasteiger partial charge in [-0.25, -0.2) is 8.42 Å². The van der Waals surface area contributed by atoms with Gasteiger partial charge in [-0.3, -0.25) is 4.79 Å². The topological polar surface area (TPSA) is 89.7 Å². The van der Waals surface area contributed by atoms with Crippen LogP contribution in [0.1, 0.15) is 31.4 Å². The van der Waals surface area contributed by atoms with Crippen LogP contribution in [0.5, 0.6) is 0 Å². The highest BCUT2D eigenvalue weighted by Gasteiger charge is 2.43. The molecule has 0 saturated carbocycles. The van der Waals surface area contributed by atoms with Gasteiger partial charge in [-0.2, -0.15) is 4.31 Å². The van der Waals surface area contributed by atoms with Crippen LogP contribution in [0.25, 0.3) is 0 Å². The van der Waals surface area contributed by atoms with E-state index in [1.807, 2.05) is 19.9 Å². The molecule has 1 amide bonds. The van der Waals surface area contributed by atoms with Gasteiger partial charge in [0.2, 0.25) is 15.9 Å². The number of primary amides is 1. The number of nitrogens with zero attached hydrogens (tertiary/aromatic N) is 1. The molecule has 1 fully saturated rings. The summed E-state index contributed by atoms with van der Waals surface area (Å²) >= 11 is 0. The number of aryl methyl sites for hydroxylation is 2. The molecule has 0 bridgehead atoms. The summed E-state index contributed by atoms with van der Waals surface area (Å²) in [6.07, 6.45) is 1.58. The van der Waals surface area contributed by atoms with Crippen LogP contribution in [0.15, 0.2) is 23.1 Å². The van der Waals surface area contributed by atoms with Crippen molar-refractivity contribution in [2.24, 2.45) is 5.73 Å². The van der Waals surface area contributed by atoms with Crippen molar-refractivity contribution in [2.45, 2.75) is 50.2 Å². The van der Waals surface area contributed by atoms with Crippen LogP contribution in [-0.2, 0) is 32.4 Å². The fraction of sp³-hybridized carbons (Fsp3) is 0.562. The standard InChI is InChI=1S/C16H24N2O4S/c1-4-11-6-7-14(8-12(11)5-2)23(20,21)18-10-13(22-3)9-15(18)16(17)19/h6-8,13,15H,4-5,9-10H2,1-3H3,(H2,17,19)/t13-,15-/m0/s1. The number of ether oxygens (including phenoxy) is 1. The minimum atomic E-state index is -3.78. The molecule has 2 N–H and O–H groups in total. The summed E-state index contributed by atoms with van der Waals surface area (Å²) < 4.78 is 32.3. The van der Waals surface area contributed by atoms with Crippen LogP contribution in [0.4, 0.5) is 0 Å². The van der Waals surface area contributed by atoms with Gasteiger partial charge in [0.05, 0.1) is 11.0 Å². The average Bonchev–Trinajstić information content (AvgIpc) is 2.99. The Balaban J connectivity index is 2.43. The van der Waals surface area contributed by atoms with E-state index in [1.54, 1.807) is 12.1 Å². The largest absolute Gasteiger partial charge is 0.380 e. The van der Waals surface area contributed by atoms with Crippen molar-refractivity contribution in [1.82, 2.24) is 4.31 Å². The summed E-state index contributed by atoms with van der Waals surface area (Å²) in [7, 11) is -2.28. The van der Waals surface area contributed by atoms with Crippen LogP contribution < -0.4 is 5.73 Å². The molecule has 1 heterocycles.